The van der Waals surface area contributed by atoms with Crippen molar-refractivity contribution in [1.29, 1.82) is 0 Å². The Kier molecular flexibility index (Phi) is 3.84. The number of nitro benzene ring substituents is 1. The molecule has 0 saturated carbocycles. The molecule has 0 heterocycles. The Bertz CT molecular complexity index is 536. The normalized spacial score (nSPS) is 11.8. The summed E-state index contributed by atoms with van der Waals surface area (Å²) < 4.78 is 28.2. The summed E-state index contributed by atoms with van der Waals surface area (Å²) in [6.07, 6.45) is -0.569. The van der Waals surface area contributed by atoms with Crippen molar-refractivity contribution >= 4 is 15.8 Å². The lowest BCUT2D eigenvalue weighted by atomic mass is 10.2. The first-order valence-corrected chi connectivity index (χ1v) is 6.33. The number of nitrogens with zero attached hydrogens (tertiary/aromatic N) is 1. The van der Waals surface area contributed by atoms with Crippen LogP contribution >= 0.6 is 0 Å². The Labute approximate surface area is 99.5 Å². The van der Waals surface area contributed by atoms with Crippen molar-refractivity contribution in [3.8, 4) is 0 Å². The Morgan fingerprint density at radius 1 is 1.35 bits per heavy atom. The smallest absolute Gasteiger partial charge is 0.263 e. The van der Waals surface area contributed by atoms with Crippen molar-refractivity contribution in [1.82, 2.24) is 0 Å². The first-order valence-electron chi connectivity index (χ1n) is 4.92. The maximum Gasteiger partial charge on any atom is 0.304 e. The summed E-state index contributed by atoms with van der Waals surface area (Å²) in [6.45, 7) is 4.72. The quantitative estimate of drug-likeness (QED) is 0.469. The summed E-state index contributed by atoms with van der Waals surface area (Å²) in [5.41, 5.74) is 0.144. The van der Waals surface area contributed by atoms with Gasteiger partial charge in [0.05, 0.1) is 11.0 Å². The fourth-order valence-corrected chi connectivity index (χ4v) is 2.52. The predicted octanol–water partition coefficient (Wildman–Crippen LogP) is 2.02. The van der Waals surface area contributed by atoms with Gasteiger partial charge >= 0.3 is 10.1 Å². The molecule has 7 heteroatoms. The Morgan fingerprint density at radius 2 is 1.94 bits per heavy atom. The summed E-state index contributed by atoms with van der Waals surface area (Å²) in [7, 11) is -4.09. The van der Waals surface area contributed by atoms with Crippen molar-refractivity contribution in [2.45, 2.75) is 31.8 Å². The summed E-state index contributed by atoms with van der Waals surface area (Å²) >= 11 is 0. The van der Waals surface area contributed by atoms with Crippen LogP contribution in [-0.2, 0) is 14.3 Å². The van der Waals surface area contributed by atoms with E-state index in [2.05, 4.69) is 0 Å². The van der Waals surface area contributed by atoms with E-state index in [1.165, 1.54) is 32.0 Å². The average Bonchev–Trinajstić information content (AvgIpc) is 2.14. The molecule has 0 N–H and O–H groups in total. The van der Waals surface area contributed by atoms with E-state index < -0.39 is 31.7 Å². The minimum atomic E-state index is -4.09. The molecule has 1 aromatic carbocycles. The zero-order chi connectivity index (χ0) is 13.2. The SMILES string of the molecule is Cc1ccc(S(=O)(=O)OC(C)C)c([N+](=O)[O-])c1. The molecule has 6 nitrogen and oxygen atoms in total. The molecule has 0 saturated heterocycles. The second kappa shape index (κ2) is 4.80. The summed E-state index contributed by atoms with van der Waals surface area (Å²) in [6, 6.07) is 3.88. The fourth-order valence-electron chi connectivity index (χ4n) is 1.29. The Morgan fingerprint density at radius 3 is 2.41 bits per heavy atom. The van der Waals surface area contributed by atoms with Crippen molar-refractivity contribution in [2.75, 3.05) is 0 Å². The number of rotatable bonds is 4. The molecule has 1 rings (SSSR count). The van der Waals surface area contributed by atoms with E-state index in [0.717, 1.165) is 0 Å². The molecule has 0 atom stereocenters. The Balaban J connectivity index is 3.36. The zero-order valence-electron chi connectivity index (χ0n) is 9.71. The van der Waals surface area contributed by atoms with Gasteiger partial charge in [-0.3, -0.25) is 14.3 Å². The van der Waals surface area contributed by atoms with Crippen LogP contribution in [0.4, 0.5) is 5.69 Å². The van der Waals surface area contributed by atoms with Crippen LogP contribution in [0, 0.1) is 17.0 Å². The molecule has 94 valence electrons. The molecule has 0 amide bonds. The molecule has 0 aliphatic rings. The molecule has 0 aliphatic carbocycles. The average molecular weight is 259 g/mol. The summed E-state index contributed by atoms with van der Waals surface area (Å²) in [4.78, 5) is 9.64. The topological polar surface area (TPSA) is 86.5 Å². The van der Waals surface area contributed by atoms with Crippen molar-refractivity contribution in [3.05, 3.63) is 33.9 Å². The molecule has 0 unspecified atom stereocenters. The maximum atomic E-state index is 11.8. The molecule has 0 radical (unpaired) electrons. The highest BCUT2D eigenvalue weighted by Gasteiger charge is 2.27. The van der Waals surface area contributed by atoms with Crippen LogP contribution < -0.4 is 0 Å². The number of nitro groups is 1. The van der Waals surface area contributed by atoms with Gasteiger partial charge < -0.3 is 0 Å². The highest BCUT2D eigenvalue weighted by molar-refractivity contribution is 7.87. The second-order valence-corrected chi connectivity index (χ2v) is 5.37. The van der Waals surface area contributed by atoms with E-state index in [1.807, 2.05) is 0 Å². The van der Waals surface area contributed by atoms with Crippen molar-refractivity contribution in [2.24, 2.45) is 0 Å². The maximum absolute atomic E-state index is 11.8. The van der Waals surface area contributed by atoms with Crippen LogP contribution in [0.25, 0.3) is 0 Å². The van der Waals surface area contributed by atoms with Crippen molar-refractivity contribution < 1.29 is 17.5 Å². The third kappa shape index (κ3) is 3.24. The molecule has 0 aromatic heterocycles. The van der Waals surface area contributed by atoms with E-state index in [4.69, 9.17) is 4.18 Å². The largest absolute Gasteiger partial charge is 0.304 e. The summed E-state index contributed by atoms with van der Waals surface area (Å²) in [5, 5.41) is 10.8. The van der Waals surface area contributed by atoms with Gasteiger partial charge in [0, 0.05) is 6.07 Å². The minimum absolute atomic E-state index is 0.415. The monoisotopic (exact) mass is 259 g/mol. The van der Waals surface area contributed by atoms with E-state index >= 15 is 0 Å². The predicted molar refractivity (Wildman–Crippen MR) is 61.2 cm³/mol. The minimum Gasteiger partial charge on any atom is -0.263 e. The van der Waals surface area contributed by atoms with Gasteiger partial charge in [-0.1, -0.05) is 6.07 Å². The molecule has 0 bridgehead atoms. The molecule has 0 fully saturated rings. The van der Waals surface area contributed by atoms with Gasteiger partial charge in [0.15, 0.2) is 4.90 Å². The van der Waals surface area contributed by atoms with Crippen molar-refractivity contribution in [3.63, 3.8) is 0 Å². The zero-order valence-corrected chi connectivity index (χ0v) is 10.5. The second-order valence-electron chi connectivity index (χ2n) is 3.83. The van der Waals surface area contributed by atoms with Crippen LogP contribution in [0.3, 0.4) is 0 Å². The number of hydrogen-bond donors (Lipinski definition) is 0. The van der Waals surface area contributed by atoms with Crippen LogP contribution in [0.1, 0.15) is 19.4 Å². The molecular weight excluding hydrogens is 246 g/mol. The molecular formula is C10H13NO5S. The van der Waals surface area contributed by atoms with Gasteiger partial charge in [-0.15, -0.1) is 0 Å². The molecule has 1 aromatic rings. The number of hydrogen-bond acceptors (Lipinski definition) is 5. The number of benzene rings is 1. The van der Waals surface area contributed by atoms with Crippen LogP contribution in [0.2, 0.25) is 0 Å². The first kappa shape index (κ1) is 13.6. The van der Waals surface area contributed by atoms with Gasteiger partial charge in [0.25, 0.3) is 5.69 Å². The lowest BCUT2D eigenvalue weighted by molar-refractivity contribution is -0.388. The van der Waals surface area contributed by atoms with Gasteiger partial charge in [0.2, 0.25) is 0 Å². The van der Waals surface area contributed by atoms with Crippen LogP contribution in [0.15, 0.2) is 23.1 Å². The van der Waals surface area contributed by atoms with Gasteiger partial charge in [0.1, 0.15) is 0 Å². The van der Waals surface area contributed by atoms with Crippen LogP contribution in [0.5, 0.6) is 0 Å². The van der Waals surface area contributed by atoms with E-state index in [1.54, 1.807) is 6.92 Å². The van der Waals surface area contributed by atoms with Gasteiger partial charge in [-0.25, -0.2) is 0 Å². The van der Waals surface area contributed by atoms with E-state index in [9.17, 15) is 18.5 Å². The lowest BCUT2D eigenvalue weighted by Gasteiger charge is -2.08. The standard InChI is InChI=1S/C10H13NO5S/c1-7(2)16-17(14,15)10-5-4-8(3)6-9(10)11(12)13/h4-7H,1-3H3. The highest BCUT2D eigenvalue weighted by Crippen LogP contribution is 2.26. The molecule has 0 spiro atoms. The van der Waals surface area contributed by atoms with Gasteiger partial charge in [-0.05, 0) is 32.4 Å². The van der Waals surface area contributed by atoms with Crippen LogP contribution in [-0.4, -0.2) is 19.4 Å². The van der Waals surface area contributed by atoms with E-state index in [-0.39, 0.29) is 0 Å². The number of aryl methyl sites for hydroxylation is 1. The first-order chi connectivity index (χ1) is 7.74. The molecule has 17 heavy (non-hydrogen) atoms. The molecule has 0 aliphatic heterocycles. The highest BCUT2D eigenvalue weighted by atomic mass is 32.2. The third-order valence-electron chi connectivity index (χ3n) is 1.90. The summed E-state index contributed by atoms with van der Waals surface area (Å²) in [5.74, 6) is 0. The lowest BCUT2D eigenvalue weighted by Crippen LogP contribution is -2.14. The third-order valence-corrected chi connectivity index (χ3v) is 3.42. The van der Waals surface area contributed by atoms with Gasteiger partial charge in [-0.2, -0.15) is 8.42 Å². The van der Waals surface area contributed by atoms with E-state index in [0.29, 0.717) is 5.56 Å². The Hall–Kier alpha value is -1.47. The fraction of sp³-hybridized carbons (Fsp3) is 0.400.